The van der Waals surface area contributed by atoms with E-state index in [0.29, 0.717) is 5.17 Å². The molecule has 0 spiro atoms. The van der Waals surface area contributed by atoms with E-state index in [2.05, 4.69) is 14.4 Å². The fourth-order valence-electron chi connectivity index (χ4n) is 5.46. The smallest absolute Gasteiger partial charge is 0.387 e. The minimum absolute atomic E-state index is 0.0189. The van der Waals surface area contributed by atoms with Gasteiger partial charge >= 0.3 is 13.2 Å². The van der Waals surface area contributed by atoms with Gasteiger partial charge in [-0.25, -0.2) is 4.99 Å². The number of fused-ring (bicyclic) bond motifs is 1. The van der Waals surface area contributed by atoms with Crippen LogP contribution in [0.15, 0.2) is 100 Å². The van der Waals surface area contributed by atoms with Gasteiger partial charge in [0.15, 0.2) is 5.17 Å². The molecule has 0 N–H and O–H groups in total. The maximum Gasteiger partial charge on any atom is 0.387 e. The highest BCUT2D eigenvalue weighted by Gasteiger charge is 2.40. The van der Waals surface area contributed by atoms with Gasteiger partial charge in [-0.2, -0.15) is 17.6 Å². The molecule has 0 fully saturated rings. The zero-order chi connectivity index (χ0) is 30.1. The number of hydrogen-bond donors (Lipinski definition) is 0. The van der Waals surface area contributed by atoms with Crippen molar-refractivity contribution >= 4 is 34.4 Å². The van der Waals surface area contributed by atoms with E-state index in [0.717, 1.165) is 58.5 Å². The van der Waals surface area contributed by atoms with Gasteiger partial charge in [-0.15, -0.1) is 0 Å². The molecule has 0 radical (unpaired) electrons. The second kappa shape index (κ2) is 12.0. The van der Waals surface area contributed by atoms with Crippen molar-refractivity contribution in [1.29, 1.82) is 0 Å². The summed E-state index contributed by atoms with van der Waals surface area (Å²) in [6.07, 6.45) is 4.31. The van der Waals surface area contributed by atoms with Gasteiger partial charge in [0.05, 0.1) is 22.4 Å². The van der Waals surface area contributed by atoms with Crippen molar-refractivity contribution in [3.05, 3.63) is 122 Å². The lowest BCUT2D eigenvalue weighted by molar-refractivity contribution is -0.384. The van der Waals surface area contributed by atoms with Gasteiger partial charge < -0.3 is 14.4 Å². The molecule has 2 heterocycles. The van der Waals surface area contributed by atoms with Crippen molar-refractivity contribution in [3.63, 3.8) is 0 Å². The topological polar surface area (TPSA) is 77.2 Å². The third-order valence-corrected chi connectivity index (χ3v) is 8.12. The van der Waals surface area contributed by atoms with Crippen LogP contribution < -0.4 is 9.47 Å². The van der Waals surface area contributed by atoms with Crippen LogP contribution in [0, 0.1) is 10.1 Å². The molecule has 12 heteroatoms. The number of thioether (sulfide) groups is 1. The Bertz CT molecular complexity index is 1650. The van der Waals surface area contributed by atoms with E-state index in [9.17, 15) is 27.7 Å². The molecule has 2 aliphatic heterocycles. The molecule has 0 aromatic heterocycles. The molecule has 6 rings (SSSR count). The number of halogens is 4. The van der Waals surface area contributed by atoms with Crippen molar-refractivity contribution in [3.8, 4) is 11.5 Å². The first-order chi connectivity index (χ1) is 20.8. The van der Waals surface area contributed by atoms with Gasteiger partial charge in [0.2, 0.25) is 0 Å². The van der Waals surface area contributed by atoms with Crippen LogP contribution in [-0.2, 0) is 0 Å². The number of allylic oxidation sites excluding steroid dienone is 1. The Labute approximate surface area is 248 Å². The summed E-state index contributed by atoms with van der Waals surface area (Å²) in [5.74, 6) is 0.115. The lowest BCUT2D eigenvalue weighted by Gasteiger charge is -2.40. The Morgan fingerprint density at radius 3 is 2.14 bits per heavy atom. The van der Waals surface area contributed by atoms with Gasteiger partial charge in [-0.3, -0.25) is 10.1 Å². The number of nitrogens with zero attached hydrogens (tertiary/aromatic N) is 3. The van der Waals surface area contributed by atoms with E-state index in [1.165, 1.54) is 48.2 Å². The van der Waals surface area contributed by atoms with Crippen LogP contribution in [0.1, 0.15) is 42.0 Å². The second-order valence-corrected chi connectivity index (χ2v) is 10.7. The first-order valence-corrected chi connectivity index (χ1v) is 14.2. The van der Waals surface area contributed by atoms with E-state index < -0.39 is 18.1 Å². The Kier molecular flexibility index (Phi) is 7.94. The molecular formula is C31H23F4N3O4S. The first kappa shape index (κ1) is 28.5. The molecule has 3 aromatic rings. The highest BCUT2D eigenvalue weighted by molar-refractivity contribution is 8.16. The van der Waals surface area contributed by atoms with E-state index in [1.807, 2.05) is 11.5 Å². The van der Waals surface area contributed by atoms with Crippen molar-refractivity contribution in [2.75, 3.05) is 0 Å². The van der Waals surface area contributed by atoms with E-state index in [4.69, 9.17) is 4.99 Å². The zero-order valence-electron chi connectivity index (χ0n) is 22.3. The van der Waals surface area contributed by atoms with E-state index in [-0.39, 0.29) is 23.2 Å². The Balaban J connectivity index is 1.41. The highest BCUT2D eigenvalue weighted by atomic mass is 32.2. The summed E-state index contributed by atoms with van der Waals surface area (Å²) >= 11 is 1.43. The summed E-state index contributed by atoms with van der Waals surface area (Å²) in [5.41, 5.74) is 6.07. The fourth-order valence-corrected chi connectivity index (χ4v) is 6.39. The summed E-state index contributed by atoms with van der Waals surface area (Å²) in [5, 5.41) is 13.9. The monoisotopic (exact) mass is 609 g/mol. The van der Waals surface area contributed by atoms with Gasteiger partial charge in [0.1, 0.15) is 11.5 Å². The molecule has 0 saturated heterocycles. The minimum Gasteiger partial charge on any atom is -0.435 e. The number of alkyl halides is 4. The third kappa shape index (κ3) is 6.00. The Morgan fingerprint density at radius 2 is 1.53 bits per heavy atom. The molecular weight excluding hydrogens is 586 g/mol. The van der Waals surface area contributed by atoms with Crippen molar-refractivity contribution < 1.29 is 32.0 Å². The van der Waals surface area contributed by atoms with Crippen LogP contribution in [0.25, 0.3) is 11.8 Å². The highest BCUT2D eigenvalue weighted by Crippen LogP contribution is 2.51. The van der Waals surface area contributed by atoms with Gasteiger partial charge in [0, 0.05) is 17.5 Å². The molecule has 3 aliphatic rings. The van der Waals surface area contributed by atoms with Crippen LogP contribution in [0.3, 0.4) is 0 Å². The number of ether oxygens (including phenoxy) is 2. The van der Waals surface area contributed by atoms with E-state index >= 15 is 0 Å². The summed E-state index contributed by atoms with van der Waals surface area (Å²) < 4.78 is 59.9. The van der Waals surface area contributed by atoms with E-state index in [1.54, 1.807) is 36.4 Å². The second-order valence-electron chi connectivity index (χ2n) is 9.88. The summed E-state index contributed by atoms with van der Waals surface area (Å²) in [7, 11) is 0. The molecule has 0 amide bonds. The average Bonchev–Trinajstić information content (AvgIpc) is 3.41. The van der Waals surface area contributed by atoms with Crippen LogP contribution >= 0.6 is 11.8 Å². The van der Waals surface area contributed by atoms with Crippen molar-refractivity contribution in [2.45, 2.75) is 38.5 Å². The third-order valence-electron chi connectivity index (χ3n) is 7.28. The summed E-state index contributed by atoms with van der Waals surface area (Å²) in [6.45, 7) is -5.85. The average molecular weight is 610 g/mol. The largest absolute Gasteiger partial charge is 0.435 e. The van der Waals surface area contributed by atoms with Crippen LogP contribution in [0.4, 0.5) is 23.2 Å². The number of aliphatic imine (C=N–C) groups is 1. The summed E-state index contributed by atoms with van der Waals surface area (Å²) in [4.78, 5) is 17.9. The van der Waals surface area contributed by atoms with Crippen LogP contribution in [0.5, 0.6) is 11.5 Å². The number of nitro benzene ring substituents is 1. The molecule has 3 aromatic carbocycles. The number of amidine groups is 1. The van der Waals surface area contributed by atoms with Crippen LogP contribution in [-0.4, -0.2) is 28.2 Å². The quantitative estimate of drug-likeness (QED) is 0.144. The van der Waals surface area contributed by atoms with Gasteiger partial charge in [-0.1, -0.05) is 36.0 Å². The molecule has 7 nitrogen and oxygen atoms in total. The predicted octanol–water partition coefficient (Wildman–Crippen LogP) is 8.78. The number of benzene rings is 3. The Hall–Kier alpha value is -4.58. The summed E-state index contributed by atoms with van der Waals surface area (Å²) in [6, 6.07) is 18.9. The molecule has 1 atom stereocenters. The minimum atomic E-state index is -2.94. The Morgan fingerprint density at radius 1 is 0.907 bits per heavy atom. The fraction of sp³-hybridized carbons (Fsp3) is 0.194. The molecule has 43 heavy (non-hydrogen) atoms. The zero-order valence-corrected chi connectivity index (χ0v) is 23.1. The molecule has 220 valence electrons. The molecule has 1 aliphatic carbocycles. The SMILES string of the molecule is O=[N+]([O-])c1ccc(C2=CSC3=NC4=C(CCC/C4=C/c4ccc(OC(F)F)cc4)C(c4ccc(OC(F)F)cc4)N23)cc1. The maximum absolute atomic E-state index is 12.8. The number of hydrogen-bond acceptors (Lipinski definition) is 7. The van der Waals surface area contributed by atoms with Gasteiger partial charge in [-0.05, 0) is 89.6 Å². The van der Waals surface area contributed by atoms with Gasteiger partial charge in [0.25, 0.3) is 5.69 Å². The first-order valence-electron chi connectivity index (χ1n) is 13.3. The number of non-ortho nitro benzene ring substituents is 1. The number of nitro groups is 1. The van der Waals surface area contributed by atoms with Crippen molar-refractivity contribution in [2.24, 2.45) is 4.99 Å². The van der Waals surface area contributed by atoms with Crippen LogP contribution in [0.2, 0.25) is 0 Å². The molecule has 1 unspecified atom stereocenters. The van der Waals surface area contributed by atoms with Crippen molar-refractivity contribution in [1.82, 2.24) is 4.90 Å². The maximum atomic E-state index is 12.8. The standard InChI is InChI=1S/C31H23F4N3O4S/c32-29(33)41-23-12-4-18(5-13-23)16-21-2-1-3-25-27(21)36-31-37(28(25)20-8-14-24(15-9-20)42-30(34)35)26(17-43-31)19-6-10-22(11-7-19)38(39)40/h4-17,28-30H,1-3H2/b21-16-. The molecule has 0 saturated carbocycles. The normalized spacial score (nSPS) is 18.9. The predicted molar refractivity (Wildman–Crippen MR) is 156 cm³/mol. The molecule has 0 bridgehead atoms. The number of rotatable bonds is 8. The lowest BCUT2D eigenvalue weighted by Crippen LogP contribution is -2.34. The lowest BCUT2D eigenvalue weighted by atomic mass is 9.82.